The van der Waals surface area contributed by atoms with E-state index in [2.05, 4.69) is 4.98 Å². The first-order valence-electron chi connectivity index (χ1n) is 4.86. The van der Waals surface area contributed by atoms with E-state index in [4.69, 9.17) is 5.11 Å². The Balaban J connectivity index is 2.87. The van der Waals surface area contributed by atoms with Gasteiger partial charge >= 0.3 is 5.97 Å². The molecule has 0 aliphatic carbocycles. The van der Waals surface area contributed by atoms with Crippen molar-refractivity contribution in [2.75, 3.05) is 0 Å². The fraction of sp³-hybridized carbons (Fsp3) is 0.455. The van der Waals surface area contributed by atoms with E-state index in [1.54, 1.807) is 6.07 Å². The van der Waals surface area contributed by atoms with Crippen molar-refractivity contribution >= 4 is 5.97 Å². The maximum atomic E-state index is 13.0. The van der Waals surface area contributed by atoms with E-state index in [1.165, 1.54) is 19.2 Å². The summed E-state index contributed by atoms with van der Waals surface area (Å²) in [6.07, 6.45) is 1.50. The van der Waals surface area contributed by atoms with Crippen LogP contribution in [0, 0.1) is 5.92 Å². The summed E-state index contributed by atoms with van der Waals surface area (Å²) in [6.45, 7) is 2.30. The van der Waals surface area contributed by atoms with Crippen LogP contribution in [0.2, 0.25) is 0 Å². The molecule has 0 fully saturated rings. The molecule has 0 amide bonds. The summed E-state index contributed by atoms with van der Waals surface area (Å²) in [5.41, 5.74) is 0.226. The molecule has 0 saturated carbocycles. The Morgan fingerprint density at radius 1 is 1.62 bits per heavy atom. The summed E-state index contributed by atoms with van der Waals surface area (Å²) in [5, 5.41) is 8.71. The van der Waals surface area contributed by atoms with Gasteiger partial charge in [0.05, 0.1) is 5.92 Å². The average molecular weight is 229 g/mol. The number of aliphatic carboxylic acids is 1. The molecule has 1 N–H and O–H groups in total. The van der Waals surface area contributed by atoms with Crippen molar-refractivity contribution in [1.29, 1.82) is 0 Å². The topological polar surface area (TPSA) is 50.2 Å². The van der Waals surface area contributed by atoms with Gasteiger partial charge in [0.2, 0.25) is 0 Å². The number of carbonyl (C=O) groups is 1. The normalized spacial score (nSPS) is 13.5. The number of aromatic nitrogens is 1. The molecule has 0 radical (unpaired) electrons. The van der Waals surface area contributed by atoms with Gasteiger partial charge in [0.1, 0.15) is 5.69 Å². The maximum Gasteiger partial charge on any atom is 0.306 e. The van der Waals surface area contributed by atoms with Gasteiger partial charge in [-0.2, -0.15) is 8.78 Å². The second-order valence-electron chi connectivity index (χ2n) is 3.88. The minimum Gasteiger partial charge on any atom is -0.481 e. The highest BCUT2D eigenvalue weighted by Crippen LogP contribution is 2.25. The van der Waals surface area contributed by atoms with Gasteiger partial charge in [-0.1, -0.05) is 6.92 Å². The Morgan fingerprint density at radius 2 is 2.25 bits per heavy atom. The lowest BCUT2D eigenvalue weighted by atomic mass is 10.0. The second-order valence-corrected chi connectivity index (χ2v) is 3.88. The van der Waals surface area contributed by atoms with Gasteiger partial charge in [0.25, 0.3) is 5.92 Å². The van der Waals surface area contributed by atoms with Crippen LogP contribution in [0.5, 0.6) is 0 Å². The Bertz CT molecular complexity index is 388. The highest BCUT2D eigenvalue weighted by Gasteiger charge is 2.26. The van der Waals surface area contributed by atoms with Crippen molar-refractivity contribution in [3.63, 3.8) is 0 Å². The van der Waals surface area contributed by atoms with Gasteiger partial charge in [0.15, 0.2) is 0 Å². The molecule has 1 aromatic heterocycles. The van der Waals surface area contributed by atoms with Crippen molar-refractivity contribution in [3.05, 3.63) is 29.6 Å². The number of carboxylic acids is 1. The first kappa shape index (κ1) is 12.5. The van der Waals surface area contributed by atoms with E-state index in [9.17, 15) is 13.6 Å². The van der Waals surface area contributed by atoms with Crippen LogP contribution in [0.4, 0.5) is 8.78 Å². The Morgan fingerprint density at radius 3 is 2.75 bits per heavy atom. The highest BCUT2D eigenvalue weighted by atomic mass is 19.3. The smallest absolute Gasteiger partial charge is 0.306 e. The van der Waals surface area contributed by atoms with Crippen LogP contribution in [-0.4, -0.2) is 16.1 Å². The van der Waals surface area contributed by atoms with Gasteiger partial charge < -0.3 is 5.11 Å². The molecule has 0 saturated heterocycles. The molecule has 1 aromatic rings. The predicted octanol–water partition coefficient (Wildman–Crippen LogP) is 2.46. The average Bonchev–Trinajstić information content (AvgIpc) is 2.16. The van der Waals surface area contributed by atoms with E-state index in [-0.39, 0.29) is 12.1 Å². The summed E-state index contributed by atoms with van der Waals surface area (Å²) in [7, 11) is 0. The molecule has 0 bridgehead atoms. The highest BCUT2D eigenvalue weighted by molar-refractivity contribution is 5.69. The molecule has 16 heavy (non-hydrogen) atoms. The van der Waals surface area contributed by atoms with E-state index in [0.717, 1.165) is 6.92 Å². The zero-order valence-electron chi connectivity index (χ0n) is 9.08. The number of pyridine rings is 1. The van der Waals surface area contributed by atoms with E-state index in [0.29, 0.717) is 5.56 Å². The molecular weight excluding hydrogens is 216 g/mol. The van der Waals surface area contributed by atoms with Crippen LogP contribution >= 0.6 is 0 Å². The number of carboxylic acid groups (broad SMARTS) is 1. The van der Waals surface area contributed by atoms with Gasteiger partial charge in [-0.15, -0.1) is 0 Å². The fourth-order valence-corrected chi connectivity index (χ4v) is 1.28. The van der Waals surface area contributed by atoms with Crippen molar-refractivity contribution in [2.24, 2.45) is 5.92 Å². The van der Waals surface area contributed by atoms with Crippen molar-refractivity contribution < 1.29 is 18.7 Å². The van der Waals surface area contributed by atoms with Gasteiger partial charge in [-0.25, -0.2) is 0 Å². The molecule has 1 heterocycles. The third kappa shape index (κ3) is 3.25. The first-order valence-corrected chi connectivity index (χ1v) is 4.86. The summed E-state index contributed by atoms with van der Waals surface area (Å²) in [6, 6.07) is 2.80. The summed E-state index contributed by atoms with van der Waals surface area (Å²) in [4.78, 5) is 14.2. The number of alkyl halides is 2. The van der Waals surface area contributed by atoms with Crippen LogP contribution in [-0.2, 0) is 17.1 Å². The zero-order valence-corrected chi connectivity index (χ0v) is 9.08. The van der Waals surface area contributed by atoms with Crippen LogP contribution in [0.15, 0.2) is 18.3 Å². The van der Waals surface area contributed by atoms with E-state index in [1.807, 2.05) is 0 Å². The maximum absolute atomic E-state index is 13.0. The molecule has 1 atom stereocenters. The lowest BCUT2D eigenvalue weighted by Gasteiger charge is -2.11. The third-order valence-electron chi connectivity index (χ3n) is 2.24. The third-order valence-corrected chi connectivity index (χ3v) is 2.24. The van der Waals surface area contributed by atoms with Crippen molar-refractivity contribution in [1.82, 2.24) is 4.98 Å². The molecule has 5 heteroatoms. The molecule has 88 valence electrons. The SMILES string of the molecule is CC(Cc1ccnc(C(C)(F)F)c1)C(=O)O. The summed E-state index contributed by atoms with van der Waals surface area (Å²) >= 11 is 0. The molecule has 1 rings (SSSR count). The predicted molar refractivity (Wildman–Crippen MR) is 54.3 cm³/mol. The quantitative estimate of drug-likeness (QED) is 0.862. The summed E-state index contributed by atoms with van der Waals surface area (Å²) < 4.78 is 25.9. The minimum absolute atomic E-state index is 0.223. The second kappa shape index (κ2) is 4.55. The van der Waals surface area contributed by atoms with E-state index >= 15 is 0 Å². The number of hydrogen-bond acceptors (Lipinski definition) is 2. The summed E-state index contributed by atoms with van der Waals surface area (Å²) in [5.74, 6) is -4.54. The number of nitrogens with zero attached hydrogens (tertiary/aromatic N) is 1. The number of halogens is 2. The Labute approximate surface area is 92.1 Å². The molecule has 3 nitrogen and oxygen atoms in total. The van der Waals surface area contributed by atoms with Crippen LogP contribution in [0.1, 0.15) is 25.1 Å². The molecule has 0 aromatic carbocycles. The van der Waals surface area contributed by atoms with E-state index < -0.39 is 17.8 Å². The van der Waals surface area contributed by atoms with Gasteiger partial charge in [-0.05, 0) is 24.1 Å². The largest absolute Gasteiger partial charge is 0.481 e. The van der Waals surface area contributed by atoms with Crippen LogP contribution in [0.3, 0.4) is 0 Å². The lowest BCUT2D eigenvalue weighted by Crippen LogP contribution is -2.14. The number of hydrogen-bond donors (Lipinski definition) is 1. The van der Waals surface area contributed by atoms with Crippen molar-refractivity contribution in [2.45, 2.75) is 26.2 Å². The molecule has 0 aliphatic rings. The Hall–Kier alpha value is -1.52. The van der Waals surface area contributed by atoms with Crippen LogP contribution in [0.25, 0.3) is 0 Å². The molecule has 0 aliphatic heterocycles. The number of rotatable bonds is 4. The monoisotopic (exact) mass is 229 g/mol. The molecule has 1 unspecified atom stereocenters. The minimum atomic E-state index is -3.00. The zero-order chi connectivity index (χ0) is 12.3. The van der Waals surface area contributed by atoms with Crippen LogP contribution < -0.4 is 0 Å². The fourth-order valence-electron chi connectivity index (χ4n) is 1.28. The lowest BCUT2D eigenvalue weighted by molar-refractivity contribution is -0.141. The molecular formula is C11H13F2NO2. The standard InChI is InChI=1S/C11H13F2NO2/c1-7(10(15)16)5-8-3-4-14-9(6-8)11(2,12)13/h3-4,6-7H,5H2,1-2H3,(H,15,16). The van der Waals surface area contributed by atoms with Gasteiger partial charge in [0, 0.05) is 13.1 Å². The first-order chi connectivity index (χ1) is 7.30. The molecule has 0 spiro atoms. The van der Waals surface area contributed by atoms with Gasteiger partial charge in [-0.3, -0.25) is 9.78 Å². The van der Waals surface area contributed by atoms with Crippen molar-refractivity contribution in [3.8, 4) is 0 Å². The Kier molecular flexibility index (Phi) is 3.57.